The Morgan fingerprint density at radius 2 is 2.09 bits per heavy atom. The summed E-state index contributed by atoms with van der Waals surface area (Å²) < 4.78 is 2.25. The lowest BCUT2D eigenvalue weighted by atomic mass is 10.0. The van der Waals surface area contributed by atoms with Gasteiger partial charge in [-0.3, -0.25) is 0 Å². The second-order valence-electron chi connectivity index (χ2n) is 6.44. The first-order valence-electron chi connectivity index (χ1n) is 8.55. The van der Waals surface area contributed by atoms with E-state index in [2.05, 4.69) is 43.2 Å². The van der Waals surface area contributed by atoms with Gasteiger partial charge < -0.3 is 19.9 Å². The van der Waals surface area contributed by atoms with Gasteiger partial charge in [0.05, 0.1) is 11.7 Å². The molecule has 0 spiro atoms. The van der Waals surface area contributed by atoms with Crippen LogP contribution < -0.4 is 15.5 Å². The minimum Gasteiger partial charge on any atom is -0.369 e. The normalized spacial score (nSPS) is 23.1. The van der Waals surface area contributed by atoms with Crippen LogP contribution in [-0.4, -0.2) is 48.2 Å². The molecule has 0 amide bonds. The third kappa shape index (κ3) is 2.83. The van der Waals surface area contributed by atoms with E-state index in [1.54, 1.807) is 0 Å². The standard InChI is InChI=1S/C17H25N5/c1-2-5-19-14(3-1)11-17-20-13-16-12-15(4-8-22(16)17)21-9-6-18-7-10-21/h4,8,12-14,18-19H,1-3,5-7,9-11H2. The van der Waals surface area contributed by atoms with E-state index in [0.29, 0.717) is 6.04 Å². The Balaban J connectivity index is 1.54. The average molecular weight is 299 g/mol. The molecule has 2 aromatic rings. The Morgan fingerprint density at radius 3 is 2.91 bits per heavy atom. The molecular formula is C17H25N5. The second kappa shape index (κ2) is 6.26. The van der Waals surface area contributed by atoms with Crippen LogP contribution in [-0.2, 0) is 6.42 Å². The number of fused-ring (bicyclic) bond motifs is 1. The molecule has 1 atom stereocenters. The predicted molar refractivity (Wildman–Crippen MR) is 89.6 cm³/mol. The van der Waals surface area contributed by atoms with Gasteiger partial charge in [0.2, 0.25) is 0 Å². The quantitative estimate of drug-likeness (QED) is 0.900. The van der Waals surface area contributed by atoms with Crippen LogP contribution in [0.2, 0.25) is 0 Å². The van der Waals surface area contributed by atoms with Crippen molar-refractivity contribution < 1.29 is 0 Å². The molecule has 0 bridgehead atoms. The van der Waals surface area contributed by atoms with Crippen molar-refractivity contribution >= 4 is 11.2 Å². The summed E-state index contributed by atoms with van der Waals surface area (Å²) in [6.07, 6.45) is 9.16. The van der Waals surface area contributed by atoms with E-state index < -0.39 is 0 Å². The van der Waals surface area contributed by atoms with Gasteiger partial charge in [-0.1, -0.05) is 6.42 Å². The molecule has 4 heterocycles. The van der Waals surface area contributed by atoms with Gasteiger partial charge in [0.15, 0.2) is 0 Å². The molecule has 2 aliphatic rings. The fourth-order valence-electron chi connectivity index (χ4n) is 3.63. The van der Waals surface area contributed by atoms with Gasteiger partial charge >= 0.3 is 0 Å². The summed E-state index contributed by atoms with van der Waals surface area (Å²) in [5, 5.41) is 7.02. The van der Waals surface area contributed by atoms with Crippen LogP contribution in [0.15, 0.2) is 24.5 Å². The van der Waals surface area contributed by atoms with Crippen molar-refractivity contribution in [2.24, 2.45) is 0 Å². The number of aromatic nitrogens is 2. The Labute approximate surface area is 131 Å². The summed E-state index contributed by atoms with van der Waals surface area (Å²) in [5.41, 5.74) is 2.53. The summed E-state index contributed by atoms with van der Waals surface area (Å²) in [5.74, 6) is 1.18. The summed E-state index contributed by atoms with van der Waals surface area (Å²) in [6, 6.07) is 5.10. The van der Waals surface area contributed by atoms with E-state index in [0.717, 1.165) is 39.1 Å². The highest BCUT2D eigenvalue weighted by Gasteiger charge is 2.16. The summed E-state index contributed by atoms with van der Waals surface area (Å²) in [7, 11) is 0. The van der Waals surface area contributed by atoms with Crippen molar-refractivity contribution in [3.8, 4) is 0 Å². The third-order valence-electron chi connectivity index (χ3n) is 4.92. The minimum absolute atomic E-state index is 0.590. The molecule has 0 radical (unpaired) electrons. The second-order valence-corrected chi connectivity index (χ2v) is 6.44. The van der Waals surface area contributed by atoms with Crippen molar-refractivity contribution in [2.75, 3.05) is 37.6 Å². The first-order valence-corrected chi connectivity index (χ1v) is 8.55. The maximum absolute atomic E-state index is 4.67. The van der Waals surface area contributed by atoms with Crippen molar-refractivity contribution in [1.29, 1.82) is 0 Å². The first-order chi connectivity index (χ1) is 10.9. The minimum atomic E-state index is 0.590. The highest BCUT2D eigenvalue weighted by molar-refractivity contribution is 5.59. The predicted octanol–water partition coefficient (Wildman–Crippen LogP) is 1.43. The number of hydrogen-bond acceptors (Lipinski definition) is 4. The van der Waals surface area contributed by atoms with Gasteiger partial charge in [0, 0.05) is 50.5 Å². The van der Waals surface area contributed by atoms with Crippen molar-refractivity contribution in [2.45, 2.75) is 31.7 Å². The average Bonchev–Trinajstić information content (AvgIpc) is 2.99. The van der Waals surface area contributed by atoms with Gasteiger partial charge in [-0.15, -0.1) is 0 Å². The van der Waals surface area contributed by atoms with Crippen LogP contribution in [0.3, 0.4) is 0 Å². The first kappa shape index (κ1) is 14.0. The molecular weight excluding hydrogens is 274 g/mol. The monoisotopic (exact) mass is 299 g/mol. The zero-order valence-corrected chi connectivity index (χ0v) is 13.1. The van der Waals surface area contributed by atoms with Crippen LogP contribution in [0.1, 0.15) is 25.1 Å². The number of piperidine rings is 1. The SMILES string of the molecule is c1cn2c(CC3CCCCN3)ncc2cc1N1CCNCC1. The Hall–Kier alpha value is -1.59. The van der Waals surface area contributed by atoms with Gasteiger partial charge in [0.25, 0.3) is 0 Å². The van der Waals surface area contributed by atoms with Crippen LogP contribution in [0.4, 0.5) is 5.69 Å². The van der Waals surface area contributed by atoms with Crippen LogP contribution in [0, 0.1) is 0 Å². The lowest BCUT2D eigenvalue weighted by Gasteiger charge is -2.29. The molecule has 2 fully saturated rings. The number of pyridine rings is 1. The highest BCUT2D eigenvalue weighted by atomic mass is 15.2. The summed E-state index contributed by atoms with van der Waals surface area (Å²) in [4.78, 5) is 7.12. The molecule has 4 rings (SSSR count). The number of piperazine rings is 1. The lowest BCUT2D eigenvalue weighted by Crippen LogP contribution is -2.43. The van der Waals surface area contributed by atoms with E-state index in [1.807, 2.05) is 6.20 Å². The number of rotatable bonds is 3. The highest BCUT2D eigenvalue weighted by Crippen LogP contribution is 2.20. The largest absolute Gasteiger partial charge is 0.369 e. The maximum atomic E-state index is 4.67. The van der Waals surface area contributed by atoms with Gasteiger partial charge in [-0.05, 0) is 31.5 Å². The number of anilines is 1. The van der Waals surface area contributed by atoms with E-state index in [1.165, 1.54) is 36.3 Å². The molecule has 2 aromatic heterocycles. The maximum Gasteiger partial charge on any atom is 0.114 e. The number of hydrogen-bond donors (Lipinski definition) is 2. The molecule has 22 heavy (non-hydrogen) atoms. The molecule has 5 heteroatoms. The molecule has 2 aliphatic heterocycles. The Bertz CT molecular complexity index is 623. The van der Waals surface area contributed by atoms with E-state index in [4.69, 9.17) is 0 Å². The zero-order valence-electron chi connectivity index (χ0n) is 13.1. The molecule has 0 aromatic carbocycles. The van der Waals surface area contributed by atoms with Crippen molar-refractivity contribution in [3.05, 3.63) is 30.4 Å². The molecule has 5 nitrogen and oxygen atoms in total. The molecule has 118 valence electrons. The van der Waals surface area contributed by atoms with E-state index in [9.17, 15) is 0 Å². The van der Waals surface area contributed by atoms with E-state index >= 15 is 0 Å². The number of nitrogens with zero attached hydrogens (tertiary/aromatic N) is 3. The topological polar surface area (TPSA) is 44.6 Å². The Morgan fingerprint density at radius 1 is 1.18 bits per heavy atom. The number of nitrogens with one attached hydrogen (secondary N) is 2. The van der Waals surface area contributed by atoms with Crippen LogP contribution in [0.25, 0.3) is 5.52 Å². The smallest absolute Gasteiger partial charge is 0.114 e. The third-order valence-corrected chi connectivity index (χ3v) is 4.92. The molecule has 0 aliphatic carbocycles. The lowest BCUT2D eigenvalue weighted by molar-refractivity contribution is 0.394. The van der Waals surface area contributed by atoms with Gasteiger partial charge in [-0.2, -0.15) is 0 Å². The zero-order chi connectivity index (χ0) is 14.8. The van der Waals surface area contributed by atoms with Gasteiger partial charge in [0.1, 0.15) is 5.82 Å². The fourth-order valence-corrected chi connectivity index (χ4v) is 3.63. The number of imidazole rings is 1. The summed E-state index contributed by atoms with van der Waals surface area (Å²) in [6.45, 7) is 5.47. The van der Waals surface area contributed by atoms with E-state index in [-0.39, 0.29) is 0 Å². The Kier molecular flexibility index (Phi) is 3.99. The fraction of sp³-hybridized carbons (Fsp3) is 0.588. The van der Waals surface area contributed by atoms with Crippen molar-refractivity contribution in [3.63, 3.8) is 0 Å². The molecule has 1 unspecified atom stereocenters. The van der Waals surface area contributed by atoms with Crippen molar-refractivity contribution in [1.82, 2.24) is 20.0 Å². The van der Waals surface area contributed by atoms with Gasteiger partial charge in [-0.25, -0.2) is 4.98 Å². The molecule has 0 saturated carbocycles. The van der Waals surface area contributed by atoms with Crippen LogP contribution >= 0.6 is 0 Å². The van der Waals surface area contributed by atoms with Crippen LogP contribution in [0.5, 0.6) is 0 Å². The summed E-state index contributed by atoms with van der Waals surface area (Å²) >= 11 is 0. The molecule has 2 N–H and O–H groups in total. The molecule has 2 saturated heterocycles.